The molecule has 0 saturated carbocycles. The van der Waals surface area contributed by atoms with Gasteiger partial charge in [0.1, 0.15) is 0 Å². The van der Waals surface area contributed by atoms with Gasteiger partial charge in [-0.15, -0.1) is 0 Å². The summed E-state index contributed by atoms with van der Waals surface area (Å²) in [4.78, 5) is 2.97. The molecule has 2 aliphatic rings. The number of azide groups is 1. The van der Waals surface area contributed by atoms with Crippen molar-refractivity contribution in [1.29, 1.82) is 0 Å². The van der Waals surface area contributed by atoms with Crippen LogP contribution >= 0.6 is 0 Å². The van der Waals surface area contributed by atoms with Gasteiger partial charge in [-0.05, 0) is 0 Å². The van der Waals surface area contributed by atoms with Crippen LogP contribution in [-0.2, 0) is 14.2 Å². The molecule has 1 aromatic rings. The molecule has 0 spiro atoms. The van der Waals surface area contributed by atoms with E-state index in [0.717, 1.165) is 4.46 Å². The minimum atomic E-state index is -0.788. The van der Waals surface area contributed by atoms with Crippen molar-refractivity contribution in [2.24, 2.45) is 5.11 Å². The average Bonchev–Trinajstić information content (AvgIpc) is 2.86. The van der Waals surface area contributed by atoms with Crippen LogP contribution in [-0.4, -0.2) is 61.8 Å². The van der Waals surface area contributed by atoms with E-state index in [1.54, 1.807) is 0 Å². The molecule has 2 heterocycles. The topological polar surface area (TPSA) is 96.7 Å². The first-order chi connectivity index (χ1) is 11.0. The fraction of sp³-hybridized carbons (Fsp3) is 0.600. The van der Waals surface area contributed by atoms with E-state index < -0.39 is 30.1 Å². The molecular weight excluding hydrogens is 365 g/mol. The molecule has 0 bridgehead atoms. The van der Waals surface area contributed by atoms with Crippen LogP contribution < -0.4 is 4.46 Å². The maximum atomic E-state index is 9.65. The number of benzene rings is 1. The molecule has 8 heteroatoms. The van der Waals surface area contributed by atoms with Crippen LogP contribution in [0, 0.1) is 0 Å². The Morgan fingerprint density at radius 3 is 2.61 bits per heavy atom. The number of hydrogen-bond acceptors (Lipinski definition) is 5. The van der Waals surface area contributed by atoms with E-state index in [1.807, 2.05) is 44.2 Å². The predicted octanol–water partition coefficient (Wildman–Crippen LogP) is 0.932. The fourth-order valence-electron chi connectivity index (χ4n) is 2.91. The summed E-state index contributed by atoms with van der Waals surface area (Å²) in [6, 6.07) is 9.45. The summed E-state index contributed by atoms with van der Waals surface area (Å²) in [7, 11) is 0. The van der Waals surface area contributed by atoms with E-state index in [0.29, 0.717) is 0 Å². The van der Waals surface area contributed by atoms with Gasteiger partial charge in [-0.25, -0.2) is 0 Å². The van der Waals surface area contributed by atoms with Crippen LogP contribution in [0.4, 0.5) is 0 Å². The minimum absolute atomic E-state index is 0.0748. The molecular formula is C15H19N3O4Se. The molecule has 0 radical (unpaired) electrons. The Balaban J connectivity index is 1.88. The first kappa shape index (κ1) is 16.7. The summed E-state index contributed by atoms with van der Waals surface area (Å²) >= 11 is -0.0748. The zero-order chi connectivity index (χ0) is 16.4. The van der Waals surface area contributed by atoms with Gasteiger partial charge in [0.2, 0.25) is 0 Å². The van der Waals surface area contributed by atoms with E-state index in [4.69, 9.17) is 19.7 Å². The van der Waals surface area contributed by atoms with Gasteiger partial charge in [-0.3, -0.25) is 0 Å². The maximum absolute atomic E-state index is 9.65. The normalized spacial score (nSPS) is 35.3. The molecule has 2 fully saturated rings. The Kier molecular flexibility index (Phi) is 4.94. The first-order valence-corrected chi connectivity index (χ1v) is 9.26. The van der Waals surface area contributed by atoms with E-state index in [2.05, 4.69) is 10.0 Å². The number of rotatable bonds is 4. The zero-order valence-corrected chi connectivity index (χ0v) is 14.6. The Bertz CT molecular complexity index is 594. The van der Waals surface area contributed by atoms with E-state index in [9.17, 15) is 5.11 Å². The standard InChI is InChI=1S/C15H19N3O4Se/c1-15(2)21-12-10(8-19)20-14(11(17-18-16)13(12)22-15)23-9-6-4-3-5-7-9/h3-7,10-14,19H,8H2,1-2H3/t10-,11-,12+,13-,14-/m1/s1. The van der Waals surface area contributed by atoms with Gasteiger partial charge in [-0.1, -0.05) is 0 Å². The summed E-state index contributed by atoms with van der Waals surface area (Å²) < 4.78 is 19.0. The van der Waals surface area contributed by atoms with Gasteiger partial charge < -0.3 is 0 Å². The molecule has 1 aromatic carbocycles. The third-order valence-corrected chi connectivity index (χ3v) is 6.26. The van der Waals surface area contributed by atoms with E-state index >= 15 is 0 Å². The Hall–Kier alpha value is -1.11. The second-order valence-electron chi connectivity index (χ2n) is 5.92. The van der Waals surface area contributed by atoms with Gasteiger partial charge in [-0.2, -0.15) is 0 Å². The molecule has 23 heavy (non-hydrogen) atoms. The molecule has 0 aliphatic carbocycles. The van der Waals surface area contributed by atoms with Crippen LogP contribution in [0.1, 0.15) is 13.8 Å². The molecule has 3 rings (SSSR count). The summed E-state index contributed by atoms with van der Waals surface area (Å²) in [5.41, 5.74) is 8.94. The van der Waals surface area contributed by atoms with Crippen LogP contribution in [0.3, 0.4) is 0 Å². The predicted molar refractivity (Wildman–Crippen MR) is 84.3 cm³/mol. The van der Waals surface area contributed by atoms with Crippen molar-refractivity contribution in [3.63, 3.8) is 0 Å². The summed E-state index contributed by atoms with van der Waals surface area (Å²) in [6.45, 7) is 3.46. The number of fused-ring (bicyclic) bond motifs is 1. The molecule has 5 atom stereocenters. The van der Waals surface area contributed by atoms with Gasteiger partial charge in [0, 0.05) is 0 Å². The molecule has 2 aliphatic heterocycles. The summed E-state index contributed by atoms with van der Waals surface area (Å²) in [5, 5.41) is 13.3. The van der Waals surface area contributed by atoms with E-state index in [1.165, 1.54) is 0 Å². The van der Waals surface area contributed by atoms with Crippen molar-refractivity contribution in [2.75, 3.05) is 6.61 Å². The first-order valence-electron chi connectivity index (χ1n) is 7.42. The van der Waals surface area contributed by atoms with Crippen LogP contribution in [0.25, 0.3) is 10.4 Å². The third-order valence-electron chi connectivity index (χ3n) is 3.81. The molecule has 124 valence electrons. The molecule has 0 unspecified atom stereocenters. The summed E-state index contributed by atoms with van der Waals surface area (Å²) in [6.07, 6.45) is -1.33. The van der Waals surface area contributed by atoms with E-state index in [-0.39, 0.29) is 26.6 Å². The number of hydrogen-bond donors (Lipinski definition) is 1. The van der Waals surface area contributed by atoms with Gasteiger partial charge in [0.25, 0.3) is 0 Å². The Morgan fingerprint density at radius 2 is 1.96 bits per heavy atom. The Labute approximate surface area is 140 Å². The third kappa shape index (κ3) is 3.54. The van der Waals surface area contributed by atoms with Crippen molar-refractivity contribution in [1.82, 2.24) is 0 Å². The van der Waals surface area contributed by atoms with Crippen molar-refractivity contribution < 1.29 is 19.3 Å². The SMILES string of the molecule is CC1(C)O[C@@H]2[C@@H](N=[N+]=[N-])[C@@H]([Se]c3ccccc3)O[C@H](CO)[C@@H]2O1. The second kappa shape index (κ2) is 6.79. The van der Waals surface area contributed by atoms with Crippen molar-refractivity contribution in [3.8, 4) is 0 Å². The molecule has 1 N–H and O–H groups in total. The number of aliphatic hydroxyl groups excluding tert-OH is 1. The number of ether oxygens (including phenoxy) is 3. The quantitative estimate of drug-likeness (QED) is 0.362. The van der Waals surface area contributed by atoms with Crippen LogP contribution in [0.15, 0.2) is 35.4 Å². The molecule has 0 amide bonds. The van der Waals surface area contributed by atoms with Gasteiger partial charge in [0.05, 0.1) is 0 Å². The number of aliphatic hydroxyl groups is 1. The molecule has 0 aromatic heterocycles. The van der Waals surface area contributed by atoms with Crippen molar-refractivity contribution in [2.45, 2.75) is 49.0 Å². The van der Waals surface area contributed by atoms with Crippen LogP contribution in [0.5, 0.6) is 0 Å². The van der Waals surface area contributed by atoms with Gasteiger partial charge in [0.15, 0.2) is 0 Å². The molecule has 2 saturated heterocycles. The Morgan fingerprint density at radius 1 is 1.26 bits per heavy atom. The van der Waals surface area contributed by atoms with Gasteiger partial charge >= 0.3 is 140 Å². The molecule has 7 nitrogen and oxygen atoms in total. The van der Waals surface area contributed by atoms with Crippen molar-refractivity contribution >= 4 is 19.4 Å². The van der Waals surface area contributed by atoms with Crippen LogP contribution in [0.2, 0.25) is 0 Å². The summed E-state index contributed by atoms with van der Waals surface area (Å²) in [5.74, 6) is -0.788. The monoisotopic (exact) mass is 385 g/mol. The zero-order valence-electron chi connectivity index (χ0n) is 12.9. The fourth-order valence-corrected chi connectivity index (χ4v) is 5.28. The number of nitrogens with zero attached hydrogens (tertiary/aromatic N) is 3. The second-order valence-corrected chi connectivity index (χ2v) is 8.38. The van der Waals surface area contributed by atoms with Crippen molar-refractivity contribution in [3.05, 3.63) is 40.8 Å². The average molecular weight is 384 g/mol.